The van der Waals surface area contributed by atoms with E-state index in [1.165, 1.54) is 19.2 Å². The number of amides is 1. The molecule has 0 bridgehead atoms. The van der Waals surface area contributed by atoms with E-state index in [2.05, 4.69) is 5.32 Å². The van der Waals surface area contributed by atoms with Gasteiger partial charge < -0.3 is 20.5 Å². The number of esters is 1. The lowest BCUT2D eigenvalue weighted by molar-refractivity contribution is -0.384. The predicted molar refractivity (Wildman–Crippen MR) is 92.6 cm³/mol. The number of nitro groups is 1. The lowest BCUT2D eigenvalue weighted by atomic mass is 10.1. The Morgan fingerprint density at radius 3 is 2.69 bits per heavy atom. The largest absolute Gasteiger partial charge is 0.497 e. The van der Waals surface area contributed by atoms with Gasteiger partial charge in [0.2, 0.25) is 0 Å². The quantitative estimate of drug-likeness (QED) is 0.332. The molecule has 0 saturated carbocycles. The van der Waals surface area contributed by atoms with Gasteiger partial charge >= 0.3 is 5.97 Å². The molecule has 0 aliphatic heterocycles. The van der Waals surface area contributed by atoms with E-state index < -0.39 is 23.4 Å². The van der Waals surface area contributed by atoms with Crippen molar-refractivity contribution in [2.24, 2.45) is 0 Å². The van der Waals surface area contributed by atoms with Crippen LogP contribution in [0.15, 0.2) is 42.5 Å². The van der Waals surface area contributed by atoms with Crippen molar-refractivity contribution in [2.75, 3.05) is 19.5 Å². The summed E-state index contributed by atoms with van der Waals surface area (Å²) >= 11 is 0. The zero-order chi connectivity index (χ0) is 19.1. The van der Waals surface area contributed by atoms with Crippen LogP contribution in [0.1, 0.15) is 15.9 Å². The third-order valence-corrected chi connectivity index (χ3v) is 3.43. The number of carbonyl (C=O) groups is 2. The van der Waals surface area contributed by atoms with Gasteiger partial charge in [-0.1, -0.05) is 12.1 Å². The van der Waals surface area contributed by atoms with Crippen molar-refractivity contribution in [3.05, 3.63) is 63.7 Å². The summed E-state index contributed by atoms with van der Waals surface area (Å²) in [6.07, 6.45) is 0. The molecule has 0 unspecified atom stereocenters. The first kappa shape index (κ1) is 18.7. The zero-order valence-electron chi connectivity index (χ0n) is 13.9. The van der Waals surface area contributed by atoms with Crippen LogP contribution in [0.5, 0.6) is 5.75 Å². The molecule has 0 radical (unpaired) electrons. The van der Waals surface area contributed by atoms with E-state index in [-0.39, 0.29) is 23.5 Å². The topological polar surface area (TPSA) is 134 Å². The van der Waals surface area contributed by atoms with E-state index in [1.807, 2.05) is 0 Å². The van der Waals surface area contributed by atoms with E-state index >= 15 is 0 Å². The molecule has 2 aromatic rings. The summed E-state index contributed by atoms with van der Waals surface area (Å²) in [7, 11) is 1.54. The number of carbonyl (C=O) groups excluding carboxylic acids is 2. The molecule has 136 valence electrons. The molecule has 0 fully saturated rings. The third-order valence-electron chi connectivity index (χ3n) is 3.43. The van der Waals surface area contributed by atoms with Crippen molar-refractivity contribution in [1.29, 1.82) is 0 Å². The summed E-state index contributed by atoms with van der Waals surface area (Å²) in [5.74, 6) is -0.780. The van der Waals surface area contributed by atoms with Crippen LogP contribution in [-0.4, -0.2) is 30.5 Å². The standard InChI is InChI=1S/C17H17N3O6/c1-25-13-4-2-3-11(7-13)9-19-16(21)10-26-17(22)14-8-12(20(23)24)5-6-15(14)18/h2-8H,9-10,18H2,1H3,(H,19,21). The van der Waals surface area contributed by atoms with Crippen molar-refractivity contribution in [2.45, 2.75) is 6.54 Å². The number of nitrogens with zero attached hydrogens (tertiary/aromatic N) is 1. The van der Waals surface area contributed by atoms with Crippen LogP contribution >= 0.6 is 0 Å². The van der Waals surface area contributed by atoms with Crippen LogP contribution in [0.25, 0.3) is 0 Å². The number of benzene rings is 2. The van der Waals surface area contributed by atoms with Crippen molar-refractivity contribution in [3.8, 4) is 5.75 Å². The minimum absolute atomic E-state index is 0.0254. The maximum atomic E-state index is 12.0. The smallest absolute Gasteiger partial charge is 0.341 e. The van der Waals surface area contributed by atoms with Crippen LogP contribution in [0, 0.1) is 10.1 Å². The van der Waals surface area contributed by atoms with Crippen LogP contribution in [0.3, 0.4) is 0 Å². The molecule has 2 rings (SSSR count). The highest BCUT2D eigenvalue weighted by Crippen LogP contribution is 2.20. The van der Waals surface area contributed by atoms with E-state index in [0.717, 1.165) is 11.6 Å². The highest BCUT2D eigenvalue weighted by Gasteiger charge is 2.17. The number of hydrogen-bond acceptors (Lipinski definition) is 7. The number of rotatable bonds is 7. The Morgan fingerprint density at radius 2 is 2.00 bits per heavy atom. The summed E-state index contributed by atoms with van der Waals surface area (Å²) < 4.78 is 9.95. The number of ether oxygens (including phenoxy) is 2. The highest BCUT2D eigenvalue weighted by molar-refractivity contribution is 5.96. The second kappa shape index (κ2) is 8.47. The average molecular weight is 359 g/mol. The van der Waals surface area contributed by atoms with Crippen LogP contribution in [0.2, 0.25) is 0 Å². The second-order valence-corrected chi connectivity index (χ2v) is 5.23. The van der Waals surface area contributed by atoms with Crippen molar-refractivity contribution in [1.82, 2.24) is 5.32 Å². The average Bonchev–Trinajstić information content (AvgIpc) is 2.64. The Kier molecular flexibility index (Phi) is 6.10. The molecule has 0 heterocycles. The summed E-state index contributed by atoms with van der Waals surface area (Å²) in [6, 6.07) is 10.5. The number of nitrogens with one attached hydrogen (secondary N) is 1. The lowest BCUT2D eigenvalue weighted by Crippen LogP contribution is -2.28. The number of nitro benzene ring substituents is 1. The second-order valence-electron chi connectivity index (χ2n) is 5.23. The molecule has 0 spiro atoms. The van der Waals surface area contributed by atoms with E-state index in [1.54, 1.807) is 24.3 Å². The Labute approximate surface area is 148 Å². The normalized spacial score (nSPS) is 10.0. The zero-order valence-corrected chi connectivity index (χ0v) is 13.9. The van der Waals surface area contributed by atoms with Gasteiger partial charge in [-0.25, -0.2) is 4.79 Å². The molecule has 2 aromatic carbocycles. The van der Waals surface area contributed by atoms with Crippen LogP contribution in [-0.2, 0) is 16.1 Å². The number of methoxy groups -OCH3 is 1. The van der Waals surface area contributed by atoms with Gasteiger partial charge in [0, 0.05) is 24.4 Å². The van der Waals surface area contributed by atoms with Gasteiger partial charge in [-0.2, -0.15) is 0 Å². The van der Waals surface area contributed by atoms with Gasteiger partial charge in [0.15, 0.2) is 6.61 Å². The highest BCUT2D eigenvalue weighted by atomic mass is 16.6. The Hall–Kier alpha value is -3.62. The monoisotopic (exact) mass is 359 g/mol. The minimum atomic E-state index is -0.914. The fourth-order valence-corrected chi connectivity index (χ4v) is 2.08. The molecule has 9 nitrogen and oxygen atoms in total. The number of anilines is 1. The first-order chi connectivity index (χ1) is 12.4. The molecule has 0 saturated heterocycles. The van der Waals surface area contributed by atoms with E-state index in [0.29, 0.717) is 5.75 Å². The molecule has 0 atom stereocenters. The van der Waals surface area contributed by atoms with Crippen LogP contribution < -0.4 is 15.8 Å². The molecule has 0 aliphatic carbocycles. The van der Waals surface area contributed by atoms with Gasteiger partial charge in [0.25, 0.3) is 11.6 Å². The van der Waals surface area contributed by atoms with E-state index in [4.69, 9.17) is 15.2 Å². The Balaban J connectivity index is 1.89. The summed E-state index contributed by atoms with van der Waals surface area (Å²) in [5, 5.41) is 13.3. The molecule has 9 heteroatoms. The van der Waals surface area contributed by atoms with Crippen molar-refractivity contribution < 1.29 is 24.0 Å². The number of non-ortho nitro benzene ring substituents is 1. The SMILES string of the molecule is COc1cccc(CNC(=O)COC(=O)c2cc([N+](=O)[O-])ccc2N)c1. The summed E-state index contributed by atoms with van der Waals surface area (Å²) in [5.41, 5.74) is 6.00. The molecule has 0 aromatic heterocycles. The Morgan fingerprint density at radius 1 is 1.23 bits per heavy atom. The molecule has 26 heavy (non-hydrogen) atoms. The lowest BCUT2D eigenvalue weighted by Gasteiger charge is -2.09. The maximum Gasteiger partial charge on any atom is 0.341 e. The fourth-order valence-electron chi connectivity index (χ4n) is 2.08. The number of nitrogen functional groups attached to an aromatic ring is 1. The Bertz CT molecular complexity index is 837. The van der Waals surface area contributed by atoms with Gasteiger partial charge in [0.1, 0.15) is 5.75 Å². The van der Waals surface area contributed by atoms with Gasteiger partial charge in [0.05, 0.1) is 17.6 Å². The summed E-state index contributed by atoms with van der Waals surface area (Å²) in [4.78, 5) is 33.9. The van der Waals surface area contributed by atoms with Gasteiger partial charge in [-0.05, 0) is 23.8 Å². The molecule has 0 aliphatic rings. The van der Waals surface area contributed by atoms with Crippen LogP contribution in [0.4, 0.5) is 11.4 Å². The third kappa shape index (κ3) is 4.94. The predicted octanol–water partition coefficient (Wildman–Crippen LogP) is 1.66. The van der Waals surface area contributed by atoms with Crippen molar-refractivity contribution >= 4 is 23.3 Å². The first-order valence-corrected chi connectivity index (χ1v) is 7.51. The fraction of sp³-hybridized carbons (Fsp3) is 0.176. The summed E-state index contributed by atoms with van der Waals surface area (Å²) in [6.45, 7) is -0.308. The first-order valence-electron chi connectivity index (χ1n) is 7.51. The molecular formula is C17H17N3O6. The van der Waals surface area contributed by atoms with Gasteiger partial charge in [-0.15, -0.1) is 0 Å². The molecule has 3 N–H and O–H groups in total. The van der Waals surface area contributed by atoms with Gasteiger partial charge in [-0.3, -0.25) is 14.9 Å². The molecule has 1 amide bonds. The number of nitrogens with two attached hydrogens (primary N) is 1. The molecular weight excluding hydrogens is 342 g/mol. The number of hydrogen-bond donors (Lipinski definition) is 2. The minimum Gasteiger partial charge on any atom is -0.497 e. The van der Waals surface area contributed by atoms with E-state index in [9.17, 15) is 19.7 Å². The van der Waals surface area contributed by atoms with Crippen molar-refractivity contribution in [3.63, 3.8) is 0 Å². The maximum absolute atomic E-state index is 12.0.